The fourth-order valence-electron chi connectivity index (χ4n) is 3.59. The van der Waals surface area contributed by atoms with Gasteiger partial charge in [-0.2, -0.15) is 0 Å². The minimum absolute atomic E-state index is 0.0145. The van der Waals surface area contributed by atoms with E-state index < -0.39 is 4.92 Å². The molecule has 0 bridgehead atoms. The van der Waals surface area contributed by atoms with E-state index in [1.807, 2.05) is 12.1 Å². The first-order valence-electron chi connectivity index (χ1n) is 9.98. The van der Waals surface area contributed by atoms with Crippen molar-refractivity contribution in [2.75, 3.05) is 18.6 Å². The van der Waals surface area contributed by atoms with Crippen LogP contribution in [0.3, 0.4) is 0 Å². The number of amides is 1. The second-order valence-electron chi connectivity index (χ2n) is 7.39. The minimum Gasteiger partial charge on any atom is -0.484 e. The first-order chi connectivity index (χ1) is 14.0. The van der Waals surface area contributed by atoms with Crippen molar-refractivity contribution >= 4 is 17.3 Å². The Balaban J connectivity index is 1.43. The Kier molecular flexibility index (Phi) is 7.05. The number of carbonyl (C=O) groups excluding carboxylic acids is 1. The zero-order valence-electron chi connectivity index (χ0n) is 16.7. The highest BCUT2D eigenvalue weighted by molar-refractivity contribution is 5.77. The van der Waals surface area contributed by atoms with Crippen molar-refractivity contribution < 1.29 is 14.5 Å². The summed E-state index contributed by atoms with van der Waals surface area (Å²) in [6, 6.07) is 14.5. The van der Waals surface area contributed by atoms with Crippen LogP contribution in [-0.4, -0.2) is 30.5 Å². The Morgan fingerprint density at radius 3 is 2.38 bits per heavy atom. The lowest BCUT2D eigenvalue weighted by atomic mass is 9.94. The number of nitro benzene ring substituents is 1. The molecule has 154 valence electrons. The first-order valence-corrected chi connectivity index (χ1v) is 9.98. The van der Waals surface area contributed by atoms with Crippen LogP contribution in [0.2, 0.25) is 0 Å². The molecule has 0 saturated heterocycles. The molecule has 7 nitrogen and oxygen atoms in total. The summed E-state index contributed by atoms with van der Waals surface area (Å²) < 4.78 is 5.37. The van der Waals surface area contributed by atoms with E-state index in [0.717, 1.165) is 5.56 Å². The number of hydrogen-bond acceptors (Lipinski definition) is 5. The summed E-state index contributed by atoms with van der Waals surface area (Å²) in [4.78, 5) is 24.5. The molecule has 0 atom stereocenters. The average molecular weight is 397 g/mol. The molecular formula is C22H27N3O4. The van der Waals surface area contributed by atoms with E-state index in [4.69, 9.17) is 4.74 Å². The summed E-state index contributed by atoms with van der Waals surface area (Å²) in [6.07, 6.45) is 6.46. The zero-order chi connectivity index (χ0) is 20.6. The third-order valence-electron chi connectivity index (χ3n) is 5.37. The molecule has 1 saturated carbocycles. The number of nitrogens with one attached hydrogen (secondary N) is 1. The predicted molar refractivity (Wildman–Crippen MR) is 112 cm³/mol. The number of nitrogens with zero attached hydrogens (tertiary/aromatic N) is 2. The lowest BCUT2D eigenvalue weighted by Crippen LogP contribution is -2.33. The van der Waals surface area contributed by atoms with E-state index >= 15 is 0 Å². The molecule has 0 heterocycles. The molecule has 0 unspecified atom stereocenters. The molecule has 1 aliphatic carbocycles. The minimum atomic E-state index is -0.477. The second kappa shape index (κ2) is 9.91. The van der Waals surface area contributed by atoms with Gasteiger partial charge >= 0.3 is 0 Å². The molecule has 7 heteroatoms. The molecule has 1 N–H and O–H groups in total. The molecular weight excluding hydrogens is 370 g/mol. The maximum atomic E-state index is 12.0. The third kappa shape index (κ3) is 5.94. The van der Waals surface area contributed by atoms with E-state index in [2.05, 4.69) is 29.4 Å². The number of ether oxygens (including phenoxy) is 1. The van der Waals surface area contributed by atoms with Crippen LogP contribution in [0.4, 0.5) is 11.4 Å². The van der Waals surface area contributed by atoms with Gasteiger partial charge in [0.2, 0.25) is 0 Å². The van der Waals surface area contributed by atoms with E-state index in [9.17, 15) is 14.9 Å². The highest BCUT2D eigenvalue weighted by atomic mass is 16.6. The maximum Gasteiger partial charge on any atom is 0.269 e. The standard InChI is InChI=1S/C22H27N3O4/c1-24(18-5-3-2-4-6-18)19-9-7-17(8-10-19)15-23-22(26)16-29-21-13-11-20(12-14-21)25(27)28/h7-14,18H,2-6,15-16H2,1H3,(H,23,26). The van der Waals surface area contributed by atoms with Crippen LogP contribution in [0, 0.1) is 10.1 Å². The smallest absolute Gasteiger partial charge is 0.269 e. The summed E-state index contributed by atoms with van der Waals surface area (Å²) in [7, 11) is 2.16. The summed E-state index contributed by atoms with van der Waals surface area (Å²) in [5.41, 5.74) is 2.21. The summed E-state index contributed by atoms with van der Waals surface area (Å²) in [6.45, 7) is 0.288. The molecule has 0 aromatic heterocycles. The van der Waals surface area contributed by atoms with Gasteiger partial charge in [-0.05, 0) is 42.7 Å². The number of nitro groups is 1. The van der Waals surface area contributed by atoms with Gasteiger partial charge in [0.15, 0.2) is 6.61 Å². The highest BCUT2D eigenvalue weighted by Gasteiger charge is 2.18. The van der Waals surface area contributed by atoms with Crippen molar-refractivity contribution in [3.63, 3.8) is 0 Å². The van der Waals surface area contributed by atoms with Gasteiger partial charge in [0.25, 0.3) is 11.6 Å². The van der Waals surface area contributed by atoms with E-state index in [0.29, 0.717) is 18.3 Å². The van der Waals surface area contributed by atoms with E-state index in [1.54, 1.807) is 0 Å². The van der Waals surface area contributed by atoms with Crippen LogP contribution in [0.15, 0.2) is 48.5 Å². The van der Waals surface area contributed by atoms with Gasteiger partial charge in [-0.3, -0.25) is 14.9 Å². The van der Waals surface area contributed by atoms with Crippen molar-refractivity contribution in [3.8, 4) is 5.75 Å². The third-order valence-corrected chi connectivity index (χ3v) is 5.37. The Morgan fingerprint density at radius 2 is 1.76 bits per heavy atom. The van der Waals surface area contributed by atoms with Crippen molar-refractivity contribution in [2.45, 2.75) is 44.7 Å². The number of anilines is 1. The van der Waals surface area contributed by atoms with Gasteiger partial charge in [-0.1, -0.05) is 31.4 Å². The van der Waals surface area contributed by atoms with Crippen LogP contribution in [-0.2, 0) is 11.3 Å². The monoisotopic (exact) mass is 397 g/mol. The zero-order valence-corrected chi connectivity index (χ0v) is 16.7. The number of hydrogen-bond donors (Lipinski definition) is 1. The molecule has 0 aliphatic heterocycles. The molecule has 0 radical (unpaired) electrons. The topological polar surface area (TPSA) is 84.7 Å². The van der Waals surface area contributed by atoms with Crippen LogP contribution in [0.25, 0.3) is 0 Å². The number of benzene rings is 2. The Bertz CT molecular complexity index is 815. The number of non-ortho nitro benzene ring substituents is 1. The summed E-state index contributed by atoms with van der Waals surface area (Å²) in [5, 5.41) is 13.5. The molecule has 3 rings (SSSR count). The maximum absolute atomic E-state index is 12.0. The highest BCUT2D eigenvalue weighted by Crippen LogP contribution is 2.26. The van der Waals surface area contributed by atoms with E-state index in [1.165, 1.54) is 62.1 Å². The Hall–Kier alpha value is -3.09. The summed E-state index contributed by atoms with van der Waals surface area (Å²) in [5.74, 6) is 0.174. The van der Waals surface area contributed by atoms with Crippen molar-refractivity contribution in [1.29, 1.82) is 0 Å². The van der Waals surface area contributed by atoms with Gasteiger partial charge in [0, 0.05) is 37.5 Å². The first kappa shape index (κ1) is 20.6. The molecule has 2 aromatic rings. The second-order valence-corrected chi connectivity index (χ2v) is 7.39. The van der Waals surface area contributed by atoms with Gasteiger partial charge < -0.3 is 15.0 Å². The van der Waals surface area contributed by atoms with Crippen molar-refractivity contribution in [1.82, 2.24) is 5.32 Å². The van der Waals surface area contributed by atoms with Gasteiger partial charge in [0.1, 0.15) is 5.75 Å². The van der Waals surface area contributed by atoms with Crippen molar-refractivity contribution in [2.24, 2.45) is 0 Å². The molecule has 1 fully saturated rings. The predicted octanol–water partition coefficient (Wildman–Crippen LogP) is 4.06. The largest absolute Gasteiger partial charge is 0.484 e. The molecule has 0 spiro atoms. The van der Waals surface area contributed by atoms with Crippen molar-refractivity contribution in [3.05, 3.63) is 64.2 Å². The fraction of sp³-hybridized carbons (Fsp3) is 0.409. The molecule has 2 aromatic carbocycles. The lowest BCUT2D eigenvalue weighted by Gasteiger charge is -2.33. The average Bonchev–Trinajstić information content (AvgIpc) is 2.77. The van der Waals surface area contributed by atoms with Gasteiger partial charge in [0.05, 0.1) is 4.92 Å². The summed E-state index contributed by atoms with van der Waals surface area (Å²) >= 11 is 0. The molecule has 29 heavy (non-hydrogen) atoms. The SMILES string of the molecule is CN(c1ccc(CNC(=O)COc2ccc([N+](=O)[O-])cc2)cc1)C1CCCCC1. The van der Waals surface area contributed by atoms with Crippen LogP contribution >= 0.6 is 0 Å². The molecule has 1 aliphatic rings. The number of carbonyl (C=O) groups is 1. The Labute approximate surface area is 170 Å². The van der Waals surface area contributed by atoms with Gasteiger partial charge in [-0.25, -0.2) is 0 Å². The fourth-order valence-corrected chi connectivity index (χ4v) is 3.59. The molecule has 1 amide bonds. The van der Waals surface area contributed by atoms with Crippen LogP contribution in [0.1, 0.15) is 37.7 Å². The van der Waals surface area contributed by atoms with E-state index in [-0.39, 0.29) is 18.2 Å². The normalized spacial score (nSPS) is 14.2. The van der Waals surface area contributed by atoms with Crippen LogP contribution in [0.5, 0.6) is 5.75 Å². The quantitative estimate of drug-likeness (QED) is 0.536. The Morgan fingerprint density at radius 1 is 1.10 bits per heavy atom. The van der Waals surface area contributed by atoms with Crippen LogP contribution < -0.4 is 15.0 Å². The lowest BCUT2D eigenvalue weighted by molar-refractivity contribution is -0.384. The van der Waals surface area contributed by atoms with Gasteiger partial charge in [-0.15, -0.1) is 0 Å². The number of rotatable bonds is 8.